The molecule has 5 aromatic rings. The summed E-state index contributed by atoms with van der Waals surface area (Å²) in [5.41, 5.74) is 2.14. The Hall–Kier alpha value is -4.98. The second-order valence-corrected chi connectivity index (χ2v) is 7.60. The van der Waals surface area contributed by atoms with Crippen LogP contribution in [-0.4, -0.2) is 32.6 Å². The lowest BCUT2D eigenvalue weighted by molar-refractivity contribution is 0.0696. The fourth-order valence-electron chi connectivity index (χ4n) is 3.92. The number of nitrogens with one attached hydrogen (secondary N) is 2. The van der Waals surface area contributed by atoms with E-state index in [1.165, 1.54) is 24.4 Å². The summed E-state index contributed by atoms with van der Waals surface area (Å²) in [6, 6.07) is 22.0. The molecule has 2 aromatic heterocycles. The smallest absolute Gasteiger partial charge is 0.335 e. The van der Waals surface area contributed by atoms with Crippen molar-refractivity contribution >= 4 is 51.1 Å². The summed E-state index contributed by atoms with van der Waals surface area (Å²) < 4.78 is 1.55. The number of pyridine rings is 1. The molecule has 5 rings (SSSR count). The van der Waals surface area contributed by atoms with Crippen LogP contribution < -0.4 is 10.6 Å². The number of carbonyl (C=O) groups excluding carboxylic acids is 2. The molecule has 0 saturated heterocycles. The van der Waals surface area contributed by atoms with Gasteiger partial charge in [-0.1, -0.05) is 36.4 Å². The summed E-state index contributed by atoms with van der Waals surface area (Å²) >= 11 is 0. The predicted octanol–water partition coefficient (Wildman–Crippen LogP) is 5.22. The average Bonchev–Trinajstić information content (AvgIpc) is 3.19. The summed E-state index contributed by atoms with van der Waals surface area (Å²) in [4.78, 5) is 41.5. The number of rotatable bonds is 4. The number of nitrogens with zero attached hydrogens (tertiary/aromatic N) is 2. The standard InChI is InChI=1S/C26H18N4O4/c31-24(16-6-5-11-27-15-16)28-18-12-17(25(32)33)13-19(14-18)29-26(34)30-22-9-3-1-7-20(22)21-8-2-4-10-23(21)30/h1-15H,(H,28,31)(H,29,34)(H,32,33). The maximum Gasteiger partial charge on any atom is 0.335 e. The number of carboxylic acid groups (broad SMARTS) is 1. The molecule has 3 N–H and O–H groups in total. The van der Waals surface area contributed by atoms with Gasteiger partial charge in [-0.15, -0.1) is 0 Å². The number of para-hydroxylation sites is 2. The average molecular weight is 450 g/mol. The first kappa shape index (κ1) is 20.9. The Balaban J connectivity index is 1.51. The monoisotopic (exact) mass is 450 g/mol. The minimum atomic E-state index is -1.19. The van der Waals surface area contributed by atoms with Gasteiger partial charge in [-0.3, -0.25) is 14.3 Å². The normalized spacial score (nSPS) is 10.8. The highest BCUT2D eigenvalue weighted by atomic mass is 16.4. The van der Waals surface area contributed by atoms with Gasteiger partial charge in [0.25, 0.3) is 5.91 Å². The zero-order chi connectivity index (χ0) is 23.7. The molecule has 0 fully saturated rings. The number of carboxylic acids is 1. The minimum absolute atomic E-state index is 0.0819. The summed E-state index contributed by atoms with van der Waals surface area (Å²) in [5, 5.41) is 16.8. The molecule has 0 radical (unpaired) electrons. The molecule has 8 heteroatoms. The Labute approximate surface area is 193 Å². The molecule has 34 heavy (non-hydrogen) atoms. The molecule has 0 aliphatic rings. The Kier molecular flexibility index (Phi) is 5.23. The molecule has 8 nitrogen and oxygen atoms in total. The first-order chi connectivity index (χ1) is 16.5. The summed E-state index contributed by atoms with van der Waals surface area (Å²) in [6.45, 7) is 0. The number of fused-ring (bicyclic) bond motifs is 3. The lowest BCUT2D eigenvalue weighted by atomic mass is 10.1. The van der Waals surface area contributed by atoms with Crippen molar-refractivity contribution in [2.75, 3.05) is 10.6 Å². The highest BCUT2D eigenvalue weighted by molar-refractivity contribution is 6.15. The molecule has 0 unspecified atom stereocenters. The molecule has 0 bridgehead atoms. The summed E-state index contributed by atoms with van der Waals surface area (Å²) in [5.74, 6) is -1.64. The molecule has 0 aliphatic carbocycles. The molecule has 0 atom stereocenters. The number of aromatic nitrogens is 2. The van der Waals surface area contributed by atoms with Crippen molar-refractivity contribution in [3.63, 3.8) is 0 Å². The van der Waals surface area contributed by atoms with Crippen molar-refractivity contribution in [3.8, 4) is 0 Å². The molecule has 2 amide bonds. The predicted molar refractivity (Wildman–Crippen MR) is 129 cm³/mol. The fourth-order valence-corrected chi connectivity index (χ4v) is 3.92. The molecule has 0 saturated carbocycles. The Bertz CT molecular complexity index is 1520. The highest BCUT2D eigenvalue weighted by Gasteiger charge is 2.17. The third-order valence-electron chi connectivity index (χ3n) is 5.40. The molecule has 2 heterocycles. The number of benzene rings is 3. The Morgan fingerprint density at radius 1 is 0.735 bits per heavy atom. The summed E-state index contributed by atoms with van der Waals surface area (Å²) in [6.07, 6.45) is 2.95. The quantitative estimate of drug-likeness (QED) is 0.347. The van der Waals surface area contributed by atoms with Crippen LogP contribution in [0.1, 0.15) is 20.7 Å². The number of aromatic carboxylic acids is 1. The van der Waals surface area contributed by atoms with Gasteiger partial charge in [-0.25, -0.2) is 9.59 Å². The maximum atomic E-state index is 13.3. The van der Waals surface area contributed by atoms with Crippen LogP contribution >= 0.6 is 0 Å². The van der Waals surface area contributed by atoms with Crippen LogP contribution in [0.15, 0.2) is 91.3 Å². The number of anilines is 2. The number of hydrogen-bond donors (Lipinski definition) is 3. The Morgan fingerprint density at radius 3 is 1.94 bits per heavy atom. The zero-order valence-corrected chi connectivity index (χ0v) is 17.7. The van der Waals surface area contributed by atoms with Crippen LogP contribution in [0.4, 0.5) is 16.2 Å². The first-order valence-corrected chi connectivity index (χ1v) is 10.4. The second-order valence-electron chi connectivity index (χ2n) is 7.60. The maximum absolute atomic E-state index is 13.3. The molecular weight excluding hydrogens is 432 g/mol. The van der Waals surface area contributed by atoms with Crippen LogP contribution in [0.25, 0.3) is 21.8 Å². The van der Waals surface area contributed by atoms with Crippen LogP contribution in [0, 0.1) is 0 Å². The first-order valence-electron chi connectivity index (χ1n) is 10.4. The van der Waals surface area contributed by atoms with Gasteiger partial charge in [-0.05, 0) is 42.5 Å². The van der Waals surface area contributed by atoms with Crippen molar-refractivity contribution in [2.24, 2.45) is 0 Å². The van der Waals surface area contributed by atoms with Crippen molar-refractivity contribution in [1.29, 1.82) is 0 Å². The van der Waals surface area contributed by atoms with E-state index in [1.807, 2.05) is 48.5 Å². The van der Waals surface area contributed by atoms with Crippen LogP contribution in [0.2, 0.25) is 0 Å². The van der Waals surface area contributed by atoms with Crippen LogP contribution in [-0.2, 0) is 0 Å². The molecular formula is C26H18N4O4. The van der Waals surface area contributed by atoms with Crippen molar-refractivity contribution in [2.45, 2.75) is 0 Å². The third kappa shape index (κ3) is 3.84. The highest BCUT2D eigenvalue weighted by Crippen LogP contribution is 2.29. The van der Waals surface area contributed by atoms with Gasteiger partial charge >= 0.3 is 12.0 Å². The Morgan fingerprint density at radius 2 is 1.35 bits per heavy atom. The number of amides is 2. The zero-order valence-electron chi connectivity index (χ0n) is 17.7. The van der Waals surface area contributed by atoms with E-state index in [4.69, 9.17) is 0 Å². The van der Waals surface area contributed by atoms with Gasteiger partial charge in [0.2, 0.25) is 0 Å². The lowest BCUT2D eigenvalue weighted by Gasteiger charge is -2.12. The van der Waals surface area contributed by atoms with Crippen molar-refractivity contribution < 1.29 is 19.5 Å². The molecule has 166 valence electrons. The number of carbonyl (C=O) groups is 3. The van der Waals surface area contributed by atoms with E-state index in [9.17, 15) is 19.5 Å². The third-order valence-corrected chi connectivity index (χ3v) is 5.40. The van der Waals surface area contributed by atoms with E-state index >= 15 is 0 Å². The largest absolute Gasteiger partial charge is 0.478 e. The van der Waals surface area contributed by atoms with E-state index in [0.717, 1.165) is 21.8 Å². The van der Waals surface area contributed by atoms with E-state index in [0.29, 0.717) is 5.56 Å². The van der Waals surface area contributed by atoms with Crippen molar-refractivity contribution in [1.82, 2.24) is 9.55 Å². The van der Waals surface area contributed by atoms with Crippen LogP contribution in [0.3, 0.4) is 0 Å². The van der Waals surface area contributed by atoms with Gasteiger partial charge in [-0.2, -0.15) is 0 Å². The van der Waals surface area contributed by atoms with E-state index in [-0.39, 0.29) is 16.9 Å². The van der Waals surface area contributed by atoms with Gasteiger partial charge in [0.05, 0.1) is 22.2 Å². The minimum Gasteiger partial charge on any atom is -0.478 e. The molecule has 3 aromatic carbocycles. The molecule has 0 spiro atoms. The molecule has 0 aliphatic heterocycles. The van der Waals surface area contributed by atoms with Crippen LogP contribution in [0.5, 0.6) is 0 Å². The van der Waals surface area contributed by atoms with Gasteiger partial charge < -0.3 is 15.7 Å². The lowest BCUT2D eigenvalue weighted by Crippen LogP contribution is -2.20. The van der Waals surface area contributed by atoms with Gasteiger partial charge in [0.1, 0.15) is 0 Å². The van der Waals surface area contributed by atoms with Crippen molar-refractivity contribution in [3.05, 3.63) is 102 Å². The van der Waals surface area contributed by atoms with Gasteiger partial charge in [0, 0.05) is 34.5 Å². The topological polar surface area (TPSA) is 113 Å². The fraction of sp³-hybridized carbons (Fsp3) is 0. The van der Waals surface area contributed by atoms with E-state index < -0.39 is 17.9 Å². The van der Waals surface area contributed by atoms with E-state index in [1.54, 1.807) is 22.9 Å². The van der Waals surface area contributed by atoms with Gasteiger partial charge in [0.15, 0.2) is 0 Å². The number of hydrogen-bond acceptors (Lipinski definition) is 4. The second kappa shape index (κ2) is 8.51. The SMILES string of the molecule is O=C(O)c1cc(NC(=O)c2cccnc2)cc(NC(=O)n2c3ccccc3c3ccccc32)c1. The van der Waals surface area contributed by atoms with E-state index in [2.05, 4.69) is 15.6 Å². The summed E-state index contributed by atoms with van der Waals surface area (Å²) in [7, 11) is 0.